The lowest BCUT2D eigenvalue weighted by Gasteiger charge is -2.25. The van der Waals surface area contributed by atoms with Crippen LogP contribution >= 0.6 is 11.3 Å². The molecule has 15 rings (SSSR count). The highest BCUT2D eigenvalue weighted by Gasteiger charge is 2.33. The van der Waals surface area contributed by atoms with Crippen LogP contribution < -0.4 is 0 Å². The first-order valence-corrected chi connectivity index (χ1v) is 23.4. The molecule has 5 heterocycles. The highest BCUT2D eigenvalue weighted by molar-refractivity contribution is 7.26. The Labute approximate surface area is 391 Å². The zero-order valence-corrected chi connectivity index (χ0v) is 36.8. The summed E-state index contributed by atoms with van der Waals surface area (Å²) in [5.74, 6) is 0. The van der Waals surface area contributed by atoms with E-state index in [-0.39, 0.29) is 0 Å². The molecule has 0 saturated carbocycles. The molecule has 5 aromatic heterocycles. The van der Waals surface area contributed by atoms with Crippen molar-refractivity contribution in [3.8, 4) is 39.7 Å². The second-order valence-corrected chi connectivity index (χ2v) is 18.5. The van der Waals surface area contributed by atoms with Crippen LogP contribution in [0.3, 0.4) is 0 Å². The number of fused-ring (bicyclic) bond motifs is 13. The zero-order chi connectivity index (χ0) is 44.8. The molecule has 312 valence electrons. The minimum Gasteiger partial charge on any atom is -0.456 e. The zero-order valence-electron chi connectivity index (χ0n) is 36.0. The fourth-order valence-electron chi connectivity index (χ4n) is 11.5. The number of aromatic nitrogens is 3. The molecule has 0 bridgehead atoms. The highest BCUT2D eigenvalue weighted by atomic mass is 32.1. The lowest BCUT2D eigenvalue weighted by atomic mass is 9.88. The molecular formula is C61H31N5OS. The van der Waals surface area contributed by atoms with Crippen molar-refractivity contribution < 1.29 is 4.42 Å². The summed E-state index contributed by atoms with van der Waals surface area (Å²) >= 11 is 1.77. The topological polar surface area (TPSA) is 64.0 Å². The van der Waals surface area contributed by atoms with Gasteiger partial charge in [0.1, 0.15) is 17.2 Å². The van der Waals surface area contributed by atoms with Gasteiger partial charge in [0.25, 0.3) is 0 Å². The molecule has 15 aromatic rings. The maximum atomic E-state index is 12.0. The first kappa shape index (κ1) is 37.0. The van der Waals surface area contributed by atoms with Crippen LogP contribution in [-0.2, 0) is 0 Å². The van der Waals surface area contributed by atoms with Gasteiger partial charge in [-0.05, 0) is 52.2 Å². The number of rotatable bonds is 4. The molecule has 6 nitrogen and oxygen atoms in total. The van der Waals surface area contributed by atoms with E-state index in [0.717, 1.165) is 114 Å². The van der Waals surface area contributed by atoms with Crippen molar-refractivity contribution in [1.29, 1.82) is 5.26 Å². The number of para-hydroxylation sites is 1. The van der Waals surface area contributed by atoms with Gasteiger partial charge >= 0.3 is 0 Å². The van der Waals surface area contributed by atoms with Gasteiger partial charge in [0.15, 0.2) is 0 Å². The van der Waals surface area contributed by atoms with E-state index in [0.29, 0.717) is 28.2 Å². The Bertz CT molecular complexity index is 4660. The lowest BCUT2D eigenvalue weighted by molar-refractivity contribution is 0.669. The van der Waals surface area contributed by atoms with Gasteiger partial charge in [0, 0.05) is 76.6 Å². The van der Waals surface area contributed by atoms with Crippen molar-refractivity contribution in [2.45, 2.75) is 0 Å². The molecule has 0 radical (unpaired) electrons. The Morgan fingerprint density at radius 2 is 1.19 bits per heavy atom. The molecule has 0 N–H and O–H groups in total. The molecule has 7 heteroatoms. The van der Waals surface area contributed by atoms with Gasteiger partial charge in [-0.1, -0.05) is 146 Å². The van der Waals surface area contributed by atoms with E-state index in [1.54, 1.807) is 11.3 Å². The normalized spacial score (nSPS) is 12.1. The summed E-state index contributed by atoms with van der Waals surface area (Å²) in [7, 11) is 0. The lowest BCUT2D eigenvalue weighted by Crippen LogP contribution is -2.08. The van der Waals surface area contributed by atoms with Gasteiger partial charge in [-0.2, -0.15) is 5.26 Å². The average molecular weight is 882 g/mol. The number of furan rings is 1. The maximum absolute atomic E-state index is 12.0. The number of pyridine rings is 1. The van der Waals surface area contributed by atoms with Crippen LogP contribution in [0.1, 0.15) is 5.56 Å². The van der Waals surface area contributed by atoms with Crippen LogP contribution in [0.15, 0.2) is 193 Å². The van der Waals surface area contributed by atoms with Crippen LogP contribution in [-0.4, -0.2) is 14.1 Å². The first-order valence-electron chi connectivity index (χ1n) is 22.5. The predicted octanol–water partition coefficient (Wildman–Crippen LogP) is 17.0. The highest BCUT2D eigenvalue weighted by Crippen LogP contribution is 2.54. The summed E-state index contributed by atoms with van der Waals surface area (Å²) in [6.45, 7) is 9.32. The third-order valence-corrected chi connectivity index (χ3v) is 15.4. The molecule has 10 aromatic carbocycles. The SMILES string of the molecule is [C-]#[N+]c1c(-c2ccccc2)c(C#N)c(-n2c3cc4oc5ccccc5c4cc3c3ccc4c5ccccc5sc4c32)c(-c2ccccc2)c1-n1c2cccc3c4ccccc4c4nccc1c4c32. The Balaban J connectivity index is 1.24. The van der Waals surface area contributed by atoms with Crippen LogP contribution in [0, 0.1) is 17.9 Å². The monoisotopic (exact) mass is 881 g/mol. The molecular weight excluding hydrogens is 851 g/mol. The van der Waals surface area contributed by atoms with E-state index in [2.05, 4.69) is 141 Å². The molecule has 0 amide bonds. The minimum absolute atomic E-state index is 0.391. The van der Waals surface area contributed by atoms with Crippen molar-refractivity contribution >= 4 is 124 Å². The predicted molar refractivity (Wildman–Crippen MR) is 281 cm³/mol. The van der Waals surface area contributed by atoms with Crippen molar-refractivity contribution in [2.75, 3.05) is 0 Å². The smallest absolute Gasteiger partial charge is 0.220 e. The Morgan fingerprint density at radius 3 is 1.99 bits per heavy atom. The van der Waals surface area contributed by atoms with Gasteiger partial charge in [-0.3, -0.25) is 4.98 Å². The quantitative estimate of drug-likeness (QED) is 0.131. The average Bonchev–Trinajstić information content (AvgIpc) is 4.15. The van der Waals surface area contributed by atoms with Gasteiger partial charge in [0.05, 0.1) is 55.8 Å². The summed E-state index contributed by atoms with van der Waals surface area (Å²) < 4.78 is 13.6. The van der Waals surface area contributed by atoms with E-state index in [1.165, 1.54) is 10.1 Å². The molecule has 0 atom stereocenters. The molecule has 0 unspecified atom stereocenters. The van der Waals surface area contributed by atoms with Crippen LogP contribution in [0.5, 0.6) is 0 Å². The number of thiophene rings is 1. The summed E-state index contributed by atoms with van der Waals surface area (Å²) in [5, 5.41) is 24.0. The third-order valence-electron chi connectivity index (χ3n) is 14.2. The van der Waals surface area contributed by atoms with Crippen molar-refractivity contribution in [1.82, 2.24) is 14.1 Å². The summed E-state index contributed by atoms with van der Waals surface area (Å²) in [6, 6.07) is 65.9. The van der Waals surface area contributed by atoms with Gasteiger partial charge in [-0.25, -0.2) is 4.85 Å². The maximum Gasteiger partial charge on any atom is 0.220 e. The number of nitriles is 1. The second kappa shape index (κ2) is 13.6. The number of nitrogens with zero attached hydrogens (tertiary/aromatic N) is 5. The fraction of sp³-hybridized carbons (Fsp3) is 0. The van der Waals surface area contributed by atoms with Gasteiger partial charge < -0.3 is 13.6 Å². The van der Waals surface area contributed by atoms with Crippen molar-refractivity contribution in [3.05, 3.63) is 205 Å². The number of hydrogen-bond acceptors (Lipinski definition) is 4. The first-order chi connectivity index (χ1) is 33.7. The standard InChI is InChI=1S/C61H31N5OS/c1-63-57-52(34-15-4-2-5-16-34)45(33-62)58(53(35-17-6-3-7-18-35)60(57)65-46-24-14-23-39-36-19-8-9-22-40(36)56-55(54(39)46)47(65)29-30-64-56)66-48-32-50-44(37-20-10-12-25-49(37)67-50)31-43(48)41-27-28-42-38-21-11-13-26-51(38)68-61(42)59(41)66/h2-32H. The Morgan fingerprint density at radius 1 is 0.515 bits per heavy atom. The van der Waals surface area contributed by atoms with Crippen molar-refractivity contribution in [2.24, 2.45) is 0 Å². The largest absolute Gasteiger partial charge is 0.456 e. The van der Waals surface area contributed by atoms with Crippen molar-refractivity contribution in [3.63, 3.8) is 0 Å². The molecule has 0 aliphatic heterocycles. The Hall–Kier alpha value is -9.27. The summed E-state index contributed by atoms with van der Waals surface area (Å²) in [6.07, 6.45) is 1.89. The fourth-order valence-corrected chi connectivity index (χ4v) is 12.7. The minimum atomic E-state index is 0.391. The molecule has 0 saturated heterocycles. The molecule has 0 spiro atoms. The molecule has 0 fully saturated rings. The van der Waals surface area contributed by atoms with Crippen LogP contribution in [0.25, 0.3) is 146 Å². The van der Waals surface area contributed by atoms with Crippen LogP contribution in [0.2, 0.25) is 0 Å². The second-order valence-electron chi connectivity index (χ2n) is 17.5. The van der Waals surface area contributed by atoms with Gasteiger partial charge in [0.2, 0.25) is 5.69 Å². The summed E-state index contributed by atoms with van der Waals surface area (Å²) in [4.78, 5) is 9.61. The van der Waals surface area contributed by atoms with Crippen LogP contribution in [0.4, 0.5) is 5.69 Å². The Kier molecular flexibility index (Phi) is 7.42. The molecule has 0 aliphatic rings. The number of benzene rings is 10. The number of hydrogen-bond donors (Lipinski definition) is 0. The van der Waals surface area contributed by atoms with E-state index in [9.17, 15) is 11.8 Å². The van der Waals surface area contributed by atoms with E-state index >= 15 is 0 Å². The van der Waals surface area contributed by atoms with E-state index in [4.69, 9.17) is 9.40 Å². The summed E-state index contributed by atoms with van der Waals surface area (Å²) in [5.41, 5.74) is 11.5. The molecule has 0 aliphatic carbocycles. The van der Waals surface area contributed by atoms with E-state index in [1.807, 2.05) is 66.9 Å². The van der Waals surface area contributed by atoms with E-state index < -0.39 is 0 Å². The third kappa shape index (κ3) is 4.74. The molecule has 68 heavy (non-hydrogen) atoms. The van der Waals surface area contributed by atoms with Gasteiger partial charge in [-0.15, -0.1) is 11.3 Å².